The lowest BCUT2D eigenvalue weighted by Crippen LogP contribution is -2.30. The maximum Gasteiger partial charge on any atom is 0.251 e. The Morgan fingerprint density at radius 2 is 1.78 bits per heavy atom. The number of carbonyl (C=O) groups excluding carboxylic acids is 3. The minimum atomic E-state index is -0.251. The van der Waals surface area contributed by atoms with Crippen LogP contribution >= 0.6 is 0 Å². The molecule has 27 heavy (non-hydrogen) atoms. The van der Waals surface area contributed by atoms with Crippen LogP contribution in [0.4, 0.5) is 5.69 Å². The van der Waals surface area contributed by atoms with E-state index in [1.165, 1.54) is 0 Å². The Bertz CT molecular complexity index is 845. The molecular formula is C21H22N2O4. The molecule has 6 heteroatoms. The van der Waals surface area contributed by atoms with E-state index >= 15 is 0 Å². The minimum absolute atomic E-state index is 0.151. The van der Waals surface area contributed by atoms with Gasteiger partial charge >= 0.3 is 0 Å². The number of methoxy groups -OCH3 is 1. The number of nitrogens with zero attached hydrogens (tertiary/aromatic N) is 1. The van der Waals surface area contributed by atoms with Gasteiger partial charge in [-0.3, -0.25) is 19.3 Å². The summed E-state index contributed by atoms with van der Waals surface area (Å²) in [5.41, 5.74) is 1.83. The van der Waals surface area contributed by atoms with Crippen LogP contribution in [0, 0.1) is 0 Å². The molecule has 0 spiro atoms. The fourth-order valence-electron chi connectivity index (χ4n) is 3.15. The molecule has 1 unspecified atom stereocenters. The van der Waals surface area contributed by atoms with Crippen molar-refractivity contribution in [2.24, 2.45) is 0 Å². The first-order chi connectivity index (χ1) is 13.0. The second-order valence-electron chi connectivity index (χ2n) is 6.38. The number of ether oxygens (including phenoxy) is 1. The first-order valence-electron chi connectivity index (χ1n) is 8.94. The van der Waals surface area contributed by atoms with Gasteiger partial charge in [0.1, 0.15) is 5.75 Å². The second kappa shape index (κ2) is 8.03. The van der Waals surface area contributed by atoms with Gasteiger partial charge in [0, 0.05) is 18.4 Å². The number of imide groups is 1. The van der Waals surface area contributed by atoms with Gasteiger partial charge < -0.3 is 10.1 Å². The van der Waals surface area contributed by atoms with Gasteiger partial charge in [-0.05, 0) is 42.3 Å². The van der Waals surface area contributed by atoms with E-state index in [9.17, 15) is 14.4 Å². The monoisotopic (exact) mass is 366 g/mol. The normalized spacial score (nSPS) is 15.0. The average Bonchev–Trinajstić information content (AvgIpc) is 3.04. The molecule has 2 aromatic rings. The largest absolute Gasteiger partial charge is 0.497 e. The molecule has 0 aliphatic carbocycles. The summed E-state index contributed by atoms with van der Waals surface area (Å²) < 4.78 is 5.17. The predicted molar refractivity (Wildman–Crippen MR) is 102 cm³/mol. The van der Waals surface area contributed by atoms with E-state index in [0.717, 1.165) is 22.6 Å². The van der Waals surface area contributed by atoms with Crippen molar-refractivity contribution < 1.29 is 19.1 Å². The van der Waals surface area contributed by atoms with Crippen molar-refractivity contribution in [3.05, 3.63) is 59.7 Å². The Hall–Kier alpha value is -3.15. The molecule has 2 aromatic carbocycles. The SMILES string of the molecule is CCC(NC(=O)c1cccc(N2C(=O)CCC2=O)c1)c1ccc(OC)cc1. The van der Waals surface area contributed by atoms with Gasteiger partial charge in [-0.25, -0.2) is 0 Å². The molecule has 1 aliphatic rings. The van der Waals surface area contributed by atoms with Gasteiger partial charge in [-0.15, -0.1) is 0 Å². The molecule has 1 aliphatic heterocycles. The predicted octanol–water partition coefficient (Wildman–Crippen LogP) is 3.23. The van der Waals surface area contributed by atoms with Crippen LogP contribution in [0.3, 0.4) is 0 Å². The van der Waals surface area contributed by atoms with Crippen molar-refractivity contribution in [2.45, 2.75) is 32.2 Å². The highest BCUT2D eigenvalue weighted by Gasteiger charge is 2.30. The molecule has 1 saturated heterocycles. The molecular weight excluding hydrogens is 344 g/mol. The molecule has 3 amide bonds. The van der Waals surface area contributed by atoms with E-state index in [-0.39, 0.29) is 36.6 Å². The Morgan fingerprint density at radius 3 is 2.37 bits per heavy atom. The number of nitrogens with one attached hydrogen (secondary N) is 1. The first kappa shape index (κ1) is 18.6. The van der Waals surface area contributed by atoms with Crippen LogP contribution in [0.15, 0.2) is 48.5 Å². The van der Waals surface area contributed by atoms with Crippen molar-refractivity contribution in [2.75, 3.05) is 12.0 Å². The van der Waals surface area contributed by atoms with E-state index in [2.05, 4.69) is 5.32 Å². The summed E-state index contributed by atoms with van der Waals surface area (Å²) in [5, 5.41) is 3.01. The summed E-state index contributed by atoms with van der Waals surface area (Å²) in [7, 11) is 1.61. The Labute approximate surface area is 158 Å². The standard InChI is InChI=1S/C21H22N2O4/c1-3-18(14-7-9-17(27-2)10-8-14)22-21(26)15-5-4-6-16(13-15)23-19(24)11-12-20(23)25/h4-10,13,18H,3,11-12H2,1-2H3,(H,22,26). The topological polar surface area (TPSA) is 75.7 Å². The third-order valence-corrected chi connectivity index (χ3v) is 4.65. The summed E-state index contributed by atoms with van der Waals surface area (Å²) in [6.07, 6.45) is 1.15. The highest BCUT2D eigenvalue weighted by atomic mass is 16.5. The van der Waals surface area contributed by atoms with Gasteiger partial charge in [0.05, 0.1) is 18.8 Å². The lowest BCUT2D eigenvalue weighted by Gasteiger charge is -2.19. The number of rotatable bonds is 6. The second-order valence-corrected chi connectivity index (χ2v) is 6.38. The van der Waals surface area contributed by atoms with Crippen LogP contribution < -0.4 is 15.0 Å². The number of carbonyl (C=O) groups is 3. The number of hydrogen-bond donors (Lipinski definition) is 1. The van der Waals surface area contributed by atoms with Gasteiger partial charge in [-0.2, -0.15) is 0 Å². The molecule has 1 atom stereocenters. The minimum Gasteiger partial charge on any atom is -0.497 e. The highest BCUT2D eigenvalue weighted by molar-refractivity contribution is 6.20. The molecule has 1 heterocycles. The van der Waals surface area contributed by atoms with E-state index in [1.807, 2.05) is 31.2 Å². The van der Waals surface area contributed by atoms with Crippen molar-refractivity contribution in [3.63, 3.8) is 0 Å². The van der Waals surface area contributed by atoms with Gasteiger partial charge in [0.25, 0.3) is 5.91 Å². The van der Waals surface area contributed by atoms with Crippen LogP contribution in [0.1, 0.15) is 48.1 Å². The third kappa shape index (κ3) is 4.00. The molecule has 0 bridgehead atoms. The Morgan fingerprint density at radius 1 is 1.11 bits per heavy atom. The summed E-state index contributed by atoms with van der Waals surface area (Å²) in [5.74, 6) is 0.0376. The lowest BCUT2D eigenvalue weighted by molar-refractivity contribution is -0.121. The summed E-state index contributed by atoms with van der Waals surface area (Å²) in [6.45, 7) is 1.99. The Balaban J connectivity index is 1.77. The van der Waals surface area contributed by atoms with Crippen LogP contribution in [0.25, 0.3) is 0 Å². The van der Waals surface area contributed by atoms with Gasteiger partial charge in [-0.1, -0.05) is 25.1 Å². The molecule has 3 rings (SSSR count). The first-order valence-corrected chi connectivity index (χ1v) is 8.94. The molecule has 1 fully saturated rings. The lowest BCUT2D eigenvalue weighted by atomic mass is 10.0. The quantitative estimate of drug-likeness (QED) is 0.797. The van der Waals surface area contributed by atoms with E-state index in [1.54, 1.807) is 31.4 Å². The number of amides is 3. The summed E-state index contributed by atoms with van der Waals surface area (Å²) in [6, 6.07) is 14.0. The zero-order chi connectivity index (χ0) is 19.4. The summed E-state index contributed by atoms with van der Waals surface area (Å²) >= 11 is 0. The van der Waals surface area contributed by atoms with E-state index in [4.69, 9.17) is 4.74 Å². The van der Waals surface area contributed by atoms with Crippen molar-refractivity contribution >= 4 is 23.4 Å². The third-order valence-electron chi connectivity index (χ3n) is 4.65. The molecule has 6 nitrogen and oxygen atoms in total. The fourth-order valence-corrected chi connectivity index (χ4v) is 3.15. The fraction of sp³-hybridized carbons (Fsp3) is 0.286. The van der Waals surface area contributed by atoms with E-state index < -0.39 is 0 Å². The molecule has 0 saturated carbocycles. The maximum atomic E-state index is 12.7. The molecule has 1 N–H and O–H groups in total. The van der Waals surface area contributed by atoms with Crippen LogP contribution in [0.5, 0.6) is 5.75 Å². The number of benzene rings is 2. The van der Waals surface area contributed by atoms with Gasteiger partial charge in [0.2, 0.25) is 11.8 Å². The highest BCUT2D eigenvalue weighted by Crippen LogP contribution is 2.24. The zero-order valence-electron chi connectivity index (χ0n) is 15.4. The van der Waals surface area contributed by atoms with Crippen LogP contribution in [-0.2, 0) is 9.59 Å². The number of hydrogen-bond acceptors (Lipinski definition) is 4. The van der Waals surface area contributed by atoms with Crippen LogP contribution in [0.2, 0.25) is 0 Å². The average molecular weight is 366 g/mol. The smallest absolute Gasteiger partial charge is 0.251 e. The van der Waals surface area contributed by atoms with E-state index in [0.29, 0.717) is 11.3 Å². The molecule has 140 valence electrons. The van der Waals surface area contributed by atoms with Gasteiger partial charge in [0.15, 0.2) is 0 Å². The van der Waals surface area contributed by atoms with Crippen molar-refractivity contribution in [1.82, 2.24) is 5.32 Å². The summed E-state index contributed by atoms with van der Waals surface area (Å²) in [4.78, 5) is 37.7. The van der Waals surface area contributed by atoms with Crippen molar-refractivity contribution in [1.29, 1.82) is 0 Å². The van der Waals surface area contributed by atoms with Crippen LogP contribution in [-0.4, -0.2) is 24.8 Å². The zero-order valence-corrected chi connectivity index (χ0v) is 15.4. The Kier molecular flexibility index (Phi) is 5.54. The maximum absolute atomic E-state index is 12.7. The molecule has 0 aromatic heterocycles. The van der Waals surface area contributed by atoms with Crippen molar-refractivity contribution in [3.8, 4) is 5.75 Å². The molecule has 0 radical (unpaired) electrons. The number of anilines is 1.